The van der Waals surface area contributed by atoms with E-state index in [1.165, 1.54) is 0 Å². The van der Waals surface area contributed by atoms with E-state index in [9.17, 15) is 4.79 Å². The van der Waals surface area contributed by atoms with Gasteiger partial charge >= 0.3 is 5.69 Å². The van der Waals surface area contributed by atoms with Crippen molar-refractivity contribution in [1.29, 1.82) is 0 Å². The quantitative estimate of drug-likeness (QED) is 0.721. The molecule has 1 aliphatic rings. The minimum absolute atomic E-state index is 0.0772. The molecule has 1 saturated heterocycles. The highest BCUT2D eigenvalue weighted by Crippen LogP contribution is 2.22. The molecular weight excluding hydrogens is 328 g/mol. The normalized spacial score (nSPS) is 16.9. The molecule has 7 nitrogen and oxygen atoms in total. The van der Waals surface area contributed by atoms with Crippen LogP contribution >= 0.6 is 11.6 Å². The van der Waals surface area contributed by atoms with Gasteiger partial charge in [-0.1, -0.05) is 17.7 Å². The number of halogens is 1. The molecule has 0 aromatic carbocycles. The van der Waals surface area contributed by atoms with Gasteiger partial charge in [0.2, 0.25) is 0 Å². The van der Waals surface area contributed by atoms with Crippen molar-refractivity contribution in [2.75, 3.05) is 19.6 Å². The van der Waals surface area contributed by atoms with Crippen LogP contribution in [0.1, 0.15) is 18.9 Å². The number of piperidine rings is 1. The maximum absolute atomic E-state index is 12.3. The van der Waals surface area contributed by atoms with Gasteiger partial charge in [0.1, 0.15) is 0 Å². The summed E-state index contributed by atoms with van der Waals surface area (Å²) < 4.78 is 5.09. The lowest BCUT2D eigenvalue weighted by Crippen LogP contribution is -2.38. The monoisotopic (exact) mass is 346 g/mol. The molecule has 8 heteroatoms. The summed E-state index contributed by atoms with van der Waals surface area (Å²) in [6.07, 6.45) is 7.40. The number of hydrogen-bond acceptors (Lipinski definition) is 4. The average Bonchev–Trinajstić information content (AvgIpc) is 3.18. The molecule has 0 atom stereocenters. The average molecular weight is 347 g/mol. The third-order valence-corrected chi connectivity index (χ3v) is 4.81. The van der Waals surface area contributed by atoms with Crippen molar-refractivity contribution in [3.63, 3.8) is 0 Å². The van der Waals surface area contributed by atoms with Crippen LogP contribution in [0.3, 0.4) is 0 Å². The number of pyridine rings is 1. The van der Waals surface area contributed by atoms with Crippen molar-refractivity contribution < 1.29 is 0 Å². The molecule has 0 amide bonds. The summed E-state index contributed by atoms with van der Waals surface area (Å²) in [5.41, 5.74) is 0.614. The van der Waals surface area contributed by atoms with Gasteiger partial charge in [0.25, 0.3) is 0 Å². The zero-order chi connectivity index (χ0) is 16.5. The van der Waals surface area contributed by atoms with E-state index in [1.54, 1.807) is 21.5 Å². The van der Waals surface area contributed by atoms with E-state index in [2.05, 4.69) is 15.1 Å². The summed E-state index contributed by atoms with van der Waals surface area (Å²) >= 11 is 5.94. The second kappa shape index (κ2) is 6.41. The topological polar surface area (TPSA) is 60.4 Å². The Morgan fingerprint density at radius 1 is 1.21 bits per heavy atom. The number of likely N-dealkylation sites (tertiary alicyclic amines) is 1. The Labute approximate surface area is 144 Å². The van der Waals surface area contributed by atoms with Crippen LogP contribution in [0.5, 0.6) is 0 Å². The summed E-state index contributed by atoms with van der Waals surface area (Å²) in [5, 5.41) is 9.36. The molecule has 0 bridgehead atoms. The first-order valence-corrected chi connectivity index (χ1v) is 8.55. The Morgan fingerprint density at radius 3 is 2.75 bits per heavy atom. The van der Waals surface area contributed by atoms with Gasteiger partial charge < -0.3 is 4.90 Å². The van der Waals surface area contributed by atoms with E-state index in [0.717, 1.165) is 32.5 Å². The number of aromatic nitrogens is 5. The first-order chi connectivity index (χ1) is 11.7. The predicted molar refractivity (Wildman–Crippen MR) is 91.4 cm³/mol. The molecule has 4 rings (SSSR count). The van der Waals surface area contributed by atoms with Gasteiger partial charge in [0, 0.05) is 32.0 Å². The zero-order valence-corrected chi connectivity index (χ0v) is 14.0. The number of rotatable bonds is 4. The molecule has 3 aromatic heterocycles. The molecule has 126 valence electrons. The van der Waals surface area contributed by atoms with Gasteiger partial charge in [0.05, 0.1) is 23.8 Å². The summed E-state index contributed by atoms with van der Waals surface area (Å²) in [7, 11) is 0. The molecule has 0 radical (unpaired) electrons. The van der Waals surface area contributed by atoms with Crippen molar-refractivity contribution in [3.8, 4) is 0 Å². The SMILES string of the molecule is O=c1n(CCN2CCC(n3cc(Cl)cn3)CC2)nc2ccccn12. The van der Waals surface area contributed by atoms with Crippen molar-refractivity contribution in [3.05, 3.63) is 52.3 Å². The van der Waals surface area contributed by atoms with Gasteiger partial charge in [-0.25, -0.2) is 9.48 Å². The van der Waals surface area contributed by atoms with Gasteiger partial charge in [-0.3, -0.25) is 9.08 Å². The minimum Gasteiger partial charge on any atom is -0.301 e. The molecule has 4 heterocycles. The van der Waals surface area contributed by atoms with Crippen molar-refractivity contribution in [1.82, 2.24) is 28.9 Å². The molecule has 1 fully saturated rings. The van der Waals surface area contributed by atoms with Crippen LogP contribution in [0.15, 0.2) is 41.6 Å². The molecule has 0 aliphatic carbocycles. The van der Waals surface area contributed by atoms with E-state index in [0.29, 0.717) is 23.3 Å². The maximum atomic E-state index is 12.3. The Morgan fingerprint density at radius 2 is 2.04 bits per heavy atom. The van der Waals surface area contributed by atoms with Crippen LogP contribution in [-0.2, 0) is 6.54 Å². The van der Waals surface area contributed by atoms with Gasteiger partial charge in [-0.05, 0) is 25.0 Å². The molecule has 3 aromatic rings. The second-order valence-corrected chi connectivity index (χ2v) is 6.58. The summed E-state index contributed by atoms with van der Waals surface area (Å²) in [6, 6.07) is 5.98. The number of hydrogen-bond donors (Lipinski definition) is 0. The van der Waals surface area contributed by atoms with Crippen LogP contribution < -0.4 is 5.69 Å². The van der Waals surface area contributed by atoms with Crippen molar-refractivity contribution >= 4 is 17.2 Å². The first kappa shape index (κ1) is 15.4. The number of fused-ring (bicyclic) bond motifs is 1. The molecule has 0 spiro atoms. The van der Waals surface area contributed by atoms with E-state index in [4.69, 9.17) is 11.6 Å². The fourth-order valence-electron chi connectivity index (χ4n) is 3.27. The Bertz CT molecular complexity index is 889. The van der Waals surface area contributed by atoms with Gasteiger partial charge in [-0.15, -0.1) is 5.10 Å². The standard InChI is InChI=1S/C16H19ClN6O/c17-13-11-18-23(12-13)14-4-7-20(8-5-14)9-10-22-16(24)21-6-2-1-3-15(21)19-22/h1-3,6,11-12,14H,4-5,7-10H2. The number of nitrogens with zero attached hydrogens (tertiary/aromatic N) is 6. The summed E-state index contributed by atoms with van der Waals surface area (Å²) in [6.45, 7) is 3.42. The second-order valence-electron chi connectivity index (χ2n) is 6.15. The summed E-state index contributed by atoms with van der Waals surface area (Å²) in [5.74, 6) is 0. The van der Waals surface area contributed by atoms with Crippen LogP contribution in [-0.4, -0.2) is 48.5 Å². The van der Waals surface area contributed by atoms with Crippen LogP contribution in [0.2, 0.25) is 5.02 Å². The minimum atomic E-state index is -0.0772. The van der Waals surface area contributed by atoms with Gasteiger partial charge in [-0.2, -0.15) is 5.10 Å². The highest BCUT2D eigenvalue weighted by molar-refractivity contribution is 6.30. The third-order valence-electron chi connectivity index (χ3n) is 4.62. The lowest BCUT2D eigenvalue weighted by molar-refractivity contribution is 0.172. The Balaban J connectivity index is 1.35. The Kier molecular flexibility index (Phi) is 4.12. The van der Waals surface area contributed by atoms with Gasteiger partial charge in [0.15, 0.2) is 5.65 Å². The highest BCUT2D eigenvalue weighted by atomic mass is 35.5. The van der Waals surface area contributed by atoms with E-state index >= 15 is 0 Å². The summed E-state index contributed by atoms with van der Waals surface area (Å²) in [4.78, 5) is 14.6. The van der Waals surface area contributed by atoms with E-state index in [-0.39, 0.29) is 5.69 Å². The maximum Gasteiger partial charge on any atom is 0.350 e. The van der Waals surface area contributed by atoms with Crippen LogP contribution in [0, 0.1) is 0 Å². The fourth-order valence-corrected chi connectivity index (χ4v) is 3.42. The van der Waals surface area contributed by atoms with Crippen LogP contribution in [0.25, 0.3) is 5.65 Å². The zero-order valence-electron chi connectivity index (χ0n) is 13.3. The highest BCUT2D eigenvalue weighted by Gasteiger charge is 2.21. The largest absolute Gasteiger partial charge is 0.350 e. The molecule has 24 heavy (non-hydrogen) atoms. The lowest BCUT2D eigenvalue weighted by atomic mass is 10.1. The lowest BCUT2D eigenvalue weighted by Gasteiger charge is -2.31. The van der Waals surface area contributed by atoms with Crippen molar-refractivity contribution in [2.24, 2.45) is 0 Å². The molecule has 0 saturated carbocycles. The predicted octanol–water partition coefficient (Wildman–Crippen LogP) is 1.68. The Hall–Kier alpha value is -2.12. The van der Waals surface area contributed by atoms with E-state index < -0.39 is 0 Å². The fraction of sp³-hybridized carbons (Fsp3) is 0.438. The molecule has 0 unspecified atom stereocenters. The van der Waals surface area contributed by atoms with Crippen molar-refractivity contribution in [2.45, 2.75) is 25.4 Å². The first-order valence-electron chi connectivity index (χ1n) is 8.17. The third kappa shape index (κ3) is 2.97. The smallest absolute Gasteiger partial charge is 0.301 e. The molecule has 0 N–H and O–H groups in total. The van der Waals surface area contributed by atoms with Crippen LogP contribution in [0.4, 0.5) is 0 Å². The molecular formula is C16H19ClN6O. The molecule has 1 aliphatic heterocycles. The van der Waals surface area contributed by atoms with E-state index in [1.807, 2.05) is 29.1 Å².